The lowest BCUT2D eigenvalue weighted by Gasteiger charge is -2.06. The van der Waals surface area contributed by atoms with Crippen molar-refractivity contribution in [2.45, 2.75) is 6.92 Å². The first-order valence-electron chi connectivity index (χ1n) is 4.99. The van der Waals surface area contributed by atoms with Gasteiger partial charge in [-0.1, -0.05) is 6.58 Å². The number of carbonyl (C=O) groups excluding carboxylic acids is 2. The predicted octanol–water partition coefficient (Wildman–Crippen LogP) is 2.13. The second-order valence-electron chi connectivity index (χ2n) is 3.53. The van der Waals surface area contributed by atoms with Gasteiger partial charge in [0.2, 0.25) is 0 Å². The van der Waals surface area contributed by atoms with E-state index in [2.05, 4.69) is 16.1 Å². The Labute approximate surface area is 106 Å². The Balaban J connectivity index is 2.63. The fraction of sp³-hybridized carbons (Fsp3) is 0.167. The first-order chi connectivity index (χ1) is 8.81. The molecule has 102 valence electrons. The normalized spacial score (nSPS) is 9.89. The van der Waals surface area contributed by atoms with Gasteiger partial charge in [-0.15, -0.1) is 0 Å². The highest BCUT2D eigenvalue weighted by Gasteiger charge is 2.15. The highest BCUT2D eigenvalue weighted by Crippen LogP contribution is 2.19. The minimum atomic E-state index is -1.67. The van der Waals surface area contributed by atoms with E-state index in [0.717, 1.165) is 0 Å². The molecule has 1 aromatic rings. The maximum absolute atomic E-state index is 12.8. The molecule has 0 aromatic heterocycles. The molecule has 0 heterocycles. The van der Waals surface area contributed by atoms with Crippen LogP contribution in [-0.2, 0) is 14.3 Å². The van der Waals surface area contributed by atoms with E-state index in [1.54, 1.807) is 0 Å². The molecule has 19 heavy (non-hydrogen) atoms. The lowest BCUT2D eigenvalue weighted by molar-refractivity contribution is -0.150. The van der Waals surface area contributed by atoms with Crippen LogP contribution in [0.25, 0.3) is 0 Å². The van der Waals surface area contributed by atoms with Crippen LogP contribution in [0.4, 0.5) is 13.2 Å². The smallest absolute Gasteiger partial charge is 0.349 e. The average Bonchev–Trinajstić information content (AvgIpc) is 2.32. The van der Waals surface area contributed by atoms with Crippen LogP contribution in [0.5, 0.6) is 5.75 Å². The van der Waals surface area contributed by atoms with Gasteiger partial charge in [0.1, 0.15) is 5.75 Å². The zero-order valence-corrected chi connectivity index (χ0v) is 9.84. The van der Waals surface area contributed by atoms with Crippen LogP contribution >= 0.6 is 0 Å². The molecule has 7 heteroatoms. The topological polar surface area (TPSA) is 52.6 Å². The van der Waals surface area contributed by atoms with Crippen LogP contribution in [0.1, 0.15) is 6.92 Å². The molecular weight excluding hydrogens is 265 g/mol. The number of halogens is 3. The number of ether oxygens (including phenoxy) is 2. The third-order valence-electron chi connectivity index (χ3n) is 1.86. The van der Waals surface area contributed by atoms with Crippen molar-refractivity contribution >= 4 is 11.9 Å². The van der Waals surface area contributed by atoms with Crippen LogP contribution < -0.4 is 4.74 Å². The summed E-state index contributed by atoms with van der Waals surface area (Å²) in [6, 6.07) is 0.994. The molecule has 0 unspecified atom stereocenters. The van der Waals surface area contributed by atoms with E-state index in [0.29, 0.717) is 12.1 Å². The van der Waals surface area contributed by atoms with Gasteiger partial charge in [-0.2, -0.15) is 0 Å². The fourth-order valence-electron chi connectivity index (χ4n) is 1.000. The molecule has 0 spiro atoms. The molecule has 0 aliphatic rings. The quantitative estimate of drug-likeness (QED) is 0.365. The Morgan fingerprint density at radius 2 is 1.74 bits per heavy atom. The van der Waals surface area contributed by atoms with Crippen molar-refractivity contribution in [1.29, 1.82) is 0 Å². The summed E-state index contributed by atoms with van der Waals surface area (Å²) in [5.74, 6) is -7.09. The fourth-order valence-corrected chi connectivity index (χ4v) is 1.000. The molecule has 0 radical (unpaired) electrons. The van der Waals surface area contributed by atoms with Gasteiger partial charge >= 0.3 is 11.9 Å². The lowest BCUT2D eigenvalue weighted by Crippen LogP contribution is -2.19. The van der Waals surface area contributed by atoms with Gasteiger partial charge in [-0.3, -0.25) is 0 Å². The van der Waals surface area contributed by atoms with Crippen molar-refractivity contribution in [3.63, 3.8) is 0 Å². The minimum absolute atomic E-state index is 0.0756. The summed E-state index contributed by atoms with van der Waals surface area (Å²) in [4.78, 5) is 22.1. The molecule has 4 nitrogen and oxygen atoms in total. The van der Waals surface area contributed by atoms with Crippen LogP contribution in [-0.4, -0.2) is 18.5 Å². The third kappa shape index (κ3) is 4.13. The van der Waals surface area contributed by atoms with Crippen LogP contribution in [0.15, 0.2) is 24.3 Å². The Morgan fingerprint density at radius 1 is 1.21 bits per heavy atom. The third-order valence-corrected chi connectivity index (χ3v) is 1.86. The maximum Gasteiger partial charge on any atom is 0.349 e. The minimum Gasteiger partial charge on any atom is -0.450 e. The number of esters is 2. The number of benzene rings is 1. The monoisotopic (exact) mass is 274 g/mol. The summed E-state index contributed by atoms with van der Waals surface area (Å²) in [5, 5.41) is 0. The van der Waals surface area contributed by atoms with Gasteiger partial charge in [0.05, 0.1) is 0 Å². The number of hydrogen-bond acceptors (Lipinski definition) is 4. The Morgan fingerprint density at radius 3 is 2.21 bits per heavy atom. The van der Waals surface area contributed by atoms with E-state index in [1.807, 2.05) is 0 Å². The van der Waals surface area contributed by atoms with Gasteiger partial charge in [0.25, 0.3) is 0 Å². The van der Waals surface area contributed by atoms with E-state index in [1.165, 1.54) is 6.92 Å². The van der Waals surface area contributed by atoms with Gasteiger partial charge < -0.3 is 9.47 Å². The maximum atomic E-state index is 12.8. The summed E-state index contributed by atoms with van der Waals surface area (Å²) >= 11 is 0. The molecule has 1 rings (SSSR count). The number of carbonyl (C=O) groups is 2. The summed E-state index contributed by atoms with van der Waals surface area (Å²) in [7, 11) is 0. The predicted molar refractivity (Wildman–Crippen MR) is 57.7 cm³/mol. The zero-order chi connectivity index (χ0) is 14.6. The second kappa shape index (κ2) is 6.03. The van der Waals surface area contributed by atoms with Crippen molar-refractivity contribution in [1.82, 2.24) is 0 Å². The van der Waals surface area contributed by atoms with Crippen molar-refractivity contribution in [2.75, 3.05) is 6.61 Å². The highest BCUT2D eigenvalue weighted by molar-refractivity contribution is 5.88. The summed E-state index contributed by atoms with van der Waals surface area (Å²) in [6.07, 6.45) is 0. The summed E-state index contributed by atoms with van der Waals surface area (Å²) < 4.78 is 47.2. The van der Waals surface area contributed by atoms with Crippen molar-refractivity contribution in [3.05, 3.63) is 41.7 Å². The Hall–Kier alpha value is -2.31. The zero-order valence-electron chi connectivity index (χ0n) is 9.84. The van der Waals surface area contributed by atoms with Gasteiger partial charge in [0, 0.05) is 17.7 Å². The Kier molecular flexibility index (Phi) is 4.68. The first kappa shape index (κ1) is 14.7. The molecule has 0 atom stereocenters. The van der Waals surface area contributed by atoms with Crippen molar-refractivity contribution < 1.29 is 32.2 Å². The molecule has 0 aliphatic carbocycles. The summed E-state index contributed by atoms with van der Waals surface area (Å²) in [5.41, 5.74) is 0.0756. The standard InChI is InChI=1S/C12H9F3O4/c1-6(2)12(17)18-5-10(16)19-7-3-8(13)11(15)9(14)4-7/h3-4H,1,5H2,2H3. The second-order valence-corrected chi connectivity index (χ2v) is 3.53. The van der Waals surface area contributed by atoms with Gasteiger partial charge in [-0.05, 0) is 6.92 Å². The molecule has 0 N–H and O–H groups in total. The van der Waals surface area contributed by atoms with E-state index in [4.69, 9.17) is 0 Å². The van der Waals surface area contributed by atoms with E-state index in [-0.39, 0.29) is 5.57 Å². The van der Waals surface area contributed by atoms with E-state index in [9.17, 15) is 22.8 Å². The SMILES string of the molecule is C=C(C)C(=O)OCC(=O)Oc1cc(F)c(F)c(F)c1. The first-order valence-corrected chi connectivity index (χ1v) is 4.99. The van der Waals surface area contributed by atoms with E-state index < -0.39 is 41.7 Å². The van der Waals surface area contributed by atoms with Crippen LogP contribution in [0, 0.1) is 17.5 Å². The van der Waals surface area contributed by atoms with Gasteiger partial charge in [0.15, 0.2) is 24.1 Å². The largest absolute Gasteiger partial charge is 0.450 e. The molecule has 0 saturated heterocycles. The van der Waals surface area contributed by atoms with Crippen molar-refractivity contribution in [3.8, 4) is 5.75 Å². The Bertz CT molecular complexity index is 517. The highest BCUT2D eigenvalue weighted by atomic mass is 19.2. The van der Waals surface area contributed by atoms with Gasteiger partial charge in [-0.25, -0.2) is 22.8 Å². The average molecular weight is 274 g/mol. The van der Waals surface area contributed by atoms with Crippen LogP contribution in [0.2, 0.25) is 0 Å². The lowest BCUT2D eigenvalue weighted by atomic mass is 10.3. The molecule has 0 saturated carbocycles. The van der Waals surface area contributed by atoms with E-state index >= 15 is 0 Å². The summed E-state index contributed by atoms with van der Waals surface area (Å²) in [6.45, 7) is 3.90. The van der Waals surface area contributed by atoms with Crippen molar-refractivity contribution in [2.24, 2.45) is 0 Å². The molecule has 0 bridgehead atoms. The molecule has 0 fully saturated rings. The molecule has 1 aromatic carbocycles. The van der Waals surface area contributed by atoms with Crippen LogP contribution in [0.3, 0.4) is 0 Å². The number of rotatable bonds is 4. The molecule has 0 amide bonds. The number of hydrogen-bond donors (Lipinski definition) is 0. The molecule has 0 aliphatic heterocycles. The molecular formula is C12H9F3O4.